The number of hydrogen-bond donors (Lipinski definition) is 2. The Morgan fingerprint density at radius 1 is 1.47 bits per heavy atom. The van der Waals surface area contributed by atoms with E-state index >= 15 is 0 Å². The fraction of sp³-hybridized carbons (Fsp3) is 0.333. The van der Waals surface area contributed by atoms with Crippen molar-refractivity contribution >= 4 is 23.6 Å². The minimum atomic E-state index is -0.789. The Morgan fingerprint density at radius 2 is 2.18 bits per heavy atom. The molecule has 1 rings (SSSR count). The normalized spacial score (nSPS) is 12.1. The Kier molecular flexibility index (Phi) is 5.03. The molecule has 1 amide bonds. The van der Waals surface area contributed by atoms with Gasteiger partial charge in [-0.1, -0.05) is 19.1 Å². The quantitative estimate of drug-likeness (QED) is 0.809. The molecule has 5 heteroatoms. The van der Waals surface area contributed by atoms with Crippen molar-refractivity contribution in [3.05, 3.63) is 35.4 Å². The molecule has 92 valence electrons. The highest BCUT2D eigenvalue weighted by atomic mass is 32.2. The maximum Gasteiger partial charge on any atom is 0.307 e. The van der Waals surface area contributed by atoms with E-state index in [0.29, 0.717) is 17.1 Å². The zero-order valence-electron chi connectivity index (χ0n) is 9.55. The molecule has 0 aliphatic rings. The molecule has 0 saturated heterocycles. The van der Waals surface area contributed by atoms with E-state index in [4.69, 9.17) is 10.8 Å². The lowest BCUT2D eigenvalue weighted by molar-refractivity contribution is -0.140. The van der Waals surface area contributed by atoms with Gasteiger partial charge >= 0.3 is 5.97 Å². The second-order valence-electron chi connectivity index (χ2n) is 3.82. The minimum absolute atomic E-state index is 0.362. The largest absolute Gasteiger partial charge is 0.481 e. The summed E-state index contributed by atoms with van der Waals surface area (Å²) in [6.45, 7) is 1.68. The number of carbonyl (C=O) groups excluding carboxylic acids is 1. The van der Waals surface area contributed by atoms with E-state index in [9.17, 15) is 9.59 Å². The van der Waals surface area contributed by atoms with E-state index in [0.717, 1.165) is 5.56 Å². The molecule has 0 spiro atoms. The van der Waals surface area contributed by atoms with Gasteiger partial charge in [0.15, 0.2) is 0 Å². The van der Waals surface area contributed by atoms with Crippen molar-refractivity contribution in [3.63, 3.8) is 0 Å². The third-order valence-electron chi connectivity index (χ3n) is 2.27. The Hall–Kier alpha value is -1.49. The van der Waals surface area contributed by atoms with Crippen LogP contribution < -0.4 is 5.73 Å². The second kappa shape index (κ2) is 6.30. The molecule has 0 heterocycles. The van der Waals surface area contributed by atoms with Gasteiger partial charge in [0, 0.05) is 17.1 Å². The maximum atomic E-state index is 11.0. The van der Waals surface area contributed by atoms with E-state index < -0.39 is 11.9 Å². The van der Waals surface area contributed by atoms with E-state index in [1.165, 1.54) is 11.8 Å². The van der Waals surface area contributed by atoms with Crippen LogP contribution in [0.2, 0.25) is 0 Å². The highest BCUT2D eigenvalue weighted by molar-refractivity contribution is 7.98. The van der Waals surface area contributed by atoms with Crippen molar-refractivity contribution in [1.82, 2.24) is 0 Å². The second-order valence-corrected chi connectivity index (χ2v) is 4.85. The minimum Gasteiger partial charge on any atom is -0.481 e. The lowest BCUT2D eigenvalue weighted by Gasteiger charge is -2.06. The van der Waals surface area contributed by atoms with Crippen LogP contribution in [0.4, 0.5) is 0 Å². The highest BCUT2D eigenvalue weighted by Crippen LogP contribution is 2.16. The fourth-order valence-corrected chi connectivity index (χ4v) is 2.27. The van der Waals surface area contributed by atoms with Crippen molar-refractivity contribution < 1.29 is 14.7 Å². The van der Waals surface area contributed by atoms with Crippen molar-refractivity contribution in [2.24, 2.45) is 11.7 Å². The van der Waals surface area contributed by atoms with Crippen LogP contribution in [0.3, 0.4) is 0 Å². The number of carboxylic acids is 1. The van der Waals surface area contributed by atoms with Gasteiger partial charge in [-0.15, -0.1) is 0 Å². The number of aliphatic carboxylic acids is 1. The number of carboxylic acid groups (broad SMARTS) is 1. The molecule has 1 atom stereocenters. The number of rotatable bonds is 6. The van der Waals surface area contributed by atoms with Crippen LogP contribution in [0.5, 0.6) is 0 Å². The lowest BCUT2D eigenvalue weighted by atomic mass is 10.1. The van der Waals surface area contributed by atoms with Crippen LogP contribution in [0.15, 0.2) is 24.3 Å². The first-order valence-electron chi connectivity index (χ1n) is 5.20. The summed E-state index contributed by atoms with van der Waals surface area (Å²) in [6.07, 6.45) is 0. The molecule has 0 fully saturated rings. The summed E-state index contributed by atoms with van der Waals surface area (Å²) < 4.78 is 0. The molecule has 1 unspecified atom stereocenters. The monoisotopic (exact) mass is 253 g/mol. The van der Waals surface area contributed by atoms with E-state index in [2.05, 4.69) is 0 Å². The molecule has 1 aromatic rings. The predicted molar refractivity (Wildman–Crippen MR) is 67.9 cm³/mol. The van der Waals surface area contributed by atoms with Gasteiger partial charge in [0.05, 0.1) is 5.92 Å². The SMILES string of the molecule is CC(CSCc1cccc(C(N)=O)c1)C(=O)O. The number of nitrogens with two attached hydrogens (primary N) is 1. The molecule has 17 heavy (non-hydrogen) atoms. The average molecular weight is 253 g/mol. The highest BCUT2D eigenvalue weighted by Gasteiger charge is 2.10. The van der Waals surface area contributed by atoms with Crippen LogP contribution in [-0.4, -0.2) is 22.7 Å². The van der Waals surface area contributed by atoms with Crippen LogP contribution in [0.25, 0.3) is 0 Å². The smallest absolute Gasteiger partial charge is 0.307 e. The lowest BCUT2D eigenvalue weighted by Crippen LogP contribution is -2.12. The first-order chi connectivity index (χ1) is 8.00. The molecule has 3 N–H and O–H groups in total. The van der Waals surface area contributed by atoms with Gasteiger partial charge in [0.25, 0.3) is 0 Å². The summed E-state index contributed by atoms with van der Waals surface area (Å²) in [7, 11) is 0. The zero-order valence-corrected chi connectivity index (χ0v) is 10.4. The van der Waals surface area contributed by atoms with Gasteiger partial charge < -0.3 is 10.8 Å². The molecule has 4 nitrogen and oxygen atoms in total. The number of thioether (sulfide) groups is 1. The maximum absolute atomic E-state index is 11.0. The van der Waals surface area contributed by atoms with Crippen molar-refractivity contribution in [2.75, 3.05) is 5.75 Å². The average Bonchev–Trinajstić information content (AvgIpc) is 2.29. The first-order valence-corrected chi connectivity index (χ1v) is 6.35. The molecular formula is C12H15NO3S. The van der Waals surface area contributed by atoms with Crippen molar-refractivity contribution in [1.29, 1.82) is 0 Å². The summed E-state index contributed by atoms with van der Waals surface area (Å²) in [5.41, 5.74) is 6.63. The summed E-state index contributed by atoms with van der Waals surface area (Å²) in [5.74, 6) is -0.368. The molecular weight excluding hydrogens is 238 g/mol. The number of benzene rings is 1. The molecule has 0 bridgehead atoms. The van der Waals surface area contributed by atoms with Crippen LogP contribution in [0, 0.1) is 5.92 Å². The van der Waals surface area contributed by atoms with Gasteiger partial charge in [0.2, 0.25) is 5.91 Å². The van der Waals surface area contributed by atoms with Gasteiger partial charge in [-0.25, -0.2) is 0 Å². The van der Waals surface area contributed by atoms with Gasteiger partial charge in [-0.05, 0) is 17.7 Å². The topological polar surface area (TPSA) is 80.4 Å². The third-order valence-corrected chi connectivity index (χ3v) is 3.54. The van der Waals surface area contributed by atoms with Crippen LogP contribution in [-0.2, 0) is 10.5 Å². The van der Waals surface area contributed by atoms with E-state index in [1.807, 2.05) is 6.07 Å². The van der Waals surface area contributed by atoms with Crippen LogP contribution >= 0.6 is 11.8 Å². The number of carbonyl (C=O) groups is 2. The Labute approximate surface area is 104 Å². The standard InChI is InChI=1S/C12H15NO3S/c1-8(12(15)16)6-17-7-9-3-2-4-10(5-9)11(13)14/h2-5,8H,6-7H2,1H3,(H2,13,14)(H,15,16). The summed E-state index contributed by atoms with van der Waals surface area (Å²) in [5, 5.41) is 8.72. The van der Waals surface area contributed by atoms with Gasteiger partial charge in [0.1, 0.15) is 0 Å². The predicted octanol–water partition coefficient (Wildman–Crippen LogP) is 1.74. The van der Waals surface area contributed by atoms with Gasteiger partial charge in [-0.3, -0.25) is 9.59 Å². The van der Waals surface area contributed by atoms with E-state index in [-0.39, 0.29) is 5.92 Å². The summed E-state index contributed by atoms with van der Waals surface area (Å²) in [4.78, 5) is 21.6. The Morgan fingerprint density at radius 3 is 2.76 bits per heavy atom. The van der Waals surface area contributed by atoms with Crippen molar-refractivity contribution in [3.8, 4) is 0 Å². The van der Waals surface area contributed by atoms with E-state index in [1.54, 1.807) is 25.1 Å². The zero-order chi connectivity index (χ0) is 12.8. The Bertz CT molecular complexity index is 420. The fourth-order valence-electron chi connectivity index (χ4n) is 1.24. The van der Waals surface area contributed by atoms with Gasteiger partial charge in [-0.2, -0.15) is 11.8 Å². The Balaban J connectivity index is 2.49. The van der Waals surface area contributed by atoms with Crippen LogP contribution in [0.1, 0.15) is 22.8 Å². The molecule has 0 aliphatic carbocycles. The number of amides is 1. The third kappa shape index (κ3) is 4.48. The molecule has 0 radical (unpaired) electrons. The molecule has 1 aromatic carbocycles. The number of primary amides is 1. The molecule has 0 aromatic heterocycles. The summed E-state index contributed by atoms with van der Waals surface area (Å²) in [6, 6.07) is 7.07. The molecule has 0 saturated carbocycles. The number of hydrogen-bond acceptors (Lipinski definition) is 3. The first kappa shape index (κ1) is 13.6. The molecule has 0 aliphatic heterocycles. The summed E-state index contributed by atoms with van der Waals surface area (Å²) >= 11 is 1.53. The van der Waals surface area contributed by atoms with Crippen molar-refractivity contribution in [2.45, 2.75) is 12.7 Å².